The average Bonchev–Trinajstić information content (AvgIpc) is 1.87. The number of rotatable bonds is 5. The third-order valence-electron chi connectivity index (χ3n) is 1.41. The molecule has 0 aliphatic heterocycles. The lowest BCUT2D eigenvalue weighted by Crippen LogP contribution is -1.84. The molecule has 0 atom stereocenters. The number of unbranched alkanes of at least 4 members (excludes halogenated alkanes) is 1. The summed E-state index contributed by atoms with van der Waals surface area (Å²) in [5.74, 6) is 1.49. The van der Waals surface area contributed by atoms with Gasteiger partial charge in [0.05, 0.1) is 0 Å². The Morgan fingerprint density at radius 3 is 2.50 bits per heavy atom. The summed E-state index contributed by atoms with van der Waals surface area (Å²) >= 11 is 5.46. The van der Waals surface area contributed by atoms with Gasteiger partial charge in [-0.2, -0.15) is 0 Å². The van der Waals surface area contributed by atoms with Gasteiger partial charge in [-0.1, -0.05) is 32.4 Å². The maximum atomic E-state index is 5.46. The molecule has 0 nitrogen and oxygen atoms in total. The summed E-state index contributed by atoms with van der Waals surface area (Å²) in [6, 6.07) is 0. The molecule has 0 bridgehead atoms. The van der Waals surface area contributed by atoms with Gasteiger partial charge in [0.15, 0.2) is 0 Å². The third-order valence-corrected chi connectivity index (χ3v) is 1.59. The number of alkyl halides is 1. The molecule has 0 amide bonds. The largest absolute Gasteiger partial charge is 0.122 e. The van der Waals surface area contributed by atoms with E-state index in [1.807, 2.05) is 6.08 Å². The number of halogens is 1. The van der Waals surface area contributed by atoms with Crippen molar-refractivity contribution in [2.24, 2.45) is 5.92 Å². The molecule has 0 aromatic heterocycles. The molecule has 0 aliphatic rings. The summed E-state index contributed by atoms with van der Waals surface area (Å²) in [5.41, 5.74) is 0. The monoisotopic (exact) mass is 160 g/mol. The Kier molecular flexibility index (Phi) is 7.16. The minimum Gasteiger partial charge on any atom is -0.122 e. The number of allylic oxidation sites excluding steroid dienone is 2. The van der Waals surface area contributed by atoms with Crippen LogP contribution in [0.5, 0.6) is 0 Å². The zero-order valence-electron chi connectivity index (χ0n) is 6.94. The summed E-state index contributed by atoms with van der Waals surface area (Å²) < 4.78 is 0. The van der Waals surface area contributed by atoms with Crippen LogP contribution in [0.2, 0.25) is 0 Å². The third kappa shape index (κ3) is 8.03. The van der Waals surface area contributed by atoms with E-state index in [0.717, 1.165) is 5.92 Å². The zero-order valence-corrected chi connectivity index (χ0v) is 7.69. The van der Waals surface area contributed by atoms with Gasteiger partial charge in [0.1, 0.15) is 0 Å². The van der Waals surface area contributed by atoms with E-state index < -0.39 is 0 Å². The van der Waals surface area contributed by atoms with Crippen LogP contribution >= 0.6 is 11.6 Å². The van der Waals surface area contributed by atoms with Crippen LogP contribution in [-0.2, 0) is 0 Å². The van der Waals surface area contributed by atoms with E-state index in [0.29, 0.717) is 5.88 Å². The van der Waals surface area contributed by atoms with Crippen LogP contribution < -0.4 is 0 Å². The molecule has 0 spiro atoms. The van der Waals surface area contributed by atoms with Gasteiger partial charge in [-0.25, -0.2) is 0 Å². The van der Waals surface area contributed by atoms with E-state index in [1.54, 1.807) is 0 Å². The lowest BCUT2D eigenvalue weighted by atomic mass is 10.1. The van der Waals surface area contributed by atoms with Crippen molar-refractivity contribution >= 4 is 11.6 Å². The van der Waals surface area contributed by atoms with Gasteiger partial charge >= 0.3 is 0 Å². The molecule has 0 aliphatic carbocycles. The van der Waals surface area contributed by atoms with Crippen LogP contribution in [-0.4, -0.2) is 5.88 Å². The van der Waals surface area contributed by atoms with Crippen molar-refractivity contribution in [2.45, 2.75) is 33.1 Å². The number of hydrogen-bond donors (Lipinski definition) is 0. The first-order chi connectivity index (χ1) is 4.77. The van der Waals surface area contributed by atoms with E-state index in [-0.39, 0.29) is 0 Å². The van der Waals surface area contributed by atoms with Crippen LogP contribution in [0.1, 0.15) is 33.1 Å². The minimum atomic E-state index is 0.654. The minimum absolute atomic E-state index is 0.654. The molecular formula is C9H17Cl. The molecule has 0 aromatic rings. The molecule has 0 N–H and O–H groups in total. The Morgan fingerprint density at radius 2 is 2.00 bits per heavy atom. The summed E-state index contributed by atoms with van der Waals surface area (Å²) in [6.45, 7) is 4.51. The molecule has 0 radical (unpaired) electrons. The van der Waals surface area contributed by atoms with Gasteiger partial charge in [-0.3, -0.25) is 0 Å². The smallest absolute Gasteiger partial charge is 0.0404 e. The second kappa shape index (κ2) is 7.14. The molecule has 1 heteroatoms. The summed E-state index contributed by atoms with van der Waals surface area (Å²) in [5, 5.41) is 0. The van der Waals surface area contributed by atoms with Gasteiger partial charge in [-0.05, 0) is 18.8 Å². The van der Waals surface area contributed by atoms with E-state index >= 15 is 0 Å². The number of hydrogen-bond acceptors (Lipinski definition) is 0. The Morgan fingerprint density at radius 1 is 1.30 bits per heavy atom. The zero-order chi connectivity index (χ0) is 7.82. The van der Waals surface area contributed by atoms with Crippen LogP contribution in [0.3, 0.4) is 0 Å². The van der Waals surface area contributed by atoms with E-state index in [9.17, 15) is 0 Å². The highest BCUT2D eigenvalue weighted by Crippen LogP contribution is 2.06. The molecular weight excluding hydrogens is 144 g/mol. The lowest BCUT2D eigenvalue weighted by Gasteiger charge is -1.99. The first-order valence-electron chi connectivity index (χ1n) is 3.98. The van der Waals surface area contributed by atoms with Gasteiger partial charge in [-0.15, -0.1) is 11.6 Å². The second-order valence-electron chi connectivity index (χ2n) is 2.95. The van der Waals surface area contributed by atoms with Crippen molar-refractivity contribution < 1.29 is 0 Å². The fraction of sp³-hybridized carbons (Fsp3) is 0.778. The van der Waals surface area contributed by atoms with Crippen LogP contribution in [0, 0.1) is 5.92 Å². The highest BCUT2D eigenvalue weighted by atomic mass is 35.5. The molecule has 10 heavy (non-hydrogen) atoms. The predicted octanol–water partition coefficient (Wildman–Crippen LogP) is 3.61. The van der Waals surface area contributed by atoms with Gasteiger partial charge in [0.25, 0.3) is 0 Å². The summed E-state index contributed by atoms with van der Waals surface area (Å²) in [6.07, 6.45) is 7.99. The summed E-state index contributed by atoms with van der Waals surface area (Å²) in [7, 11) is 0. The molecule has 0 unspecified atom stereocenters. The fourth-order valence-electron chi connectivity index (χ4n) is 0.825. The Bertz CT molecular complexity index is 84.7. The van der Waals surface area contributed by atoms with Crippen LogP contribution in [0.4, 0.5) is 0 Å². The molecule has 0 aromatic carbocycles. The van der Waals surface area contributed by atoms with Crippen molar-refractivity contribution in [2.75, 3.05) is 5.88 Å². The van der Waals surface area contributed by atoms with Gasteiger partial charge in [0, 0.05) is 5.88 Å². The quantitative estimate of drug-likeness (QED) is 0.328. The molecule has 0 fully saturated rings. The van der Waals surface area contributed by atoms with Crippen molar-refractivity contribution in [1.29, 1.82) is 0 Å². The topological polar surface area (TPSA) is 0 Å². The van der Waals surface area contributed by atoms with Crippen molar-refractivity contribution in [1.82, 2.24) is 0 Å². The first-order valence-corrected chi connectivity index (χ1v) is 4.51. The SMILES string of the molecule is CC(C)CCCC=CCCl. The van der Waals surface area contributed by atoms with E-state index in [4.69, 9.17) is 11.6 Å². The second-order valence-corrected chi connectivity index (χ2v) is 3.26. The Labute approximate surface area is 69.3 Å². The standard InChI is InChI=1S/C9H17Cl/c1-9(2)7-5-3-4-6-8-10/h4,6,9H,3,5,7-8H2,1-2H3. The van der Waals surface area contributed by atoms with Gasteiger partial charge < -0.3 is 0 Å². The van der Waals surface area contributed by atoms with Crippen molar-refractivity contribution in [3.05, 3.63) is 12.2 Å². The highest BCUT2D eigenvalue weighted by molar-refractivity contribution is 6.18. The fourth-order valence-corrected chi connectivity index (χ4v) is 0.951. The summed E-state index contributed by atoms with van der Waals surface area (Å²) in [4.78, 5) is 0. The maximum Gasteiger partial charge on any atom is 0.0404 e. The Hall–Kier alpha value is 0.0300. The maximum absolute atomic E-state index is 5.46. The molecule has 0 heterocycles. The van der Waals surface area contributed by atoms with E-state index in [2.05, 4.69) is 19.9 Å². The van der Waals surface area contributed by atoms with Gasteiger partial charge in [0.2, 0.25) is 0 Å². The molecule has 0 rings (SSSR count). The lowest BCUT2D eigenvalue weighted by molar-refractivity contribution is 0.560. The van der Waals surface area contributed by atoms with Crippen molar-refractivity contribution in [3.63, 3.8) is 0 Å². The Balaban J connectivity index is 2.97. The molecule has 0 saturated carbocycles. The average molecular weight is 161 g/mol. The van der Waals surface area contributed by atoms with Crippen molar-refractivity contribution in [3.8, 4) is 0 Å². The first kappa shape index (κ1) is 10.0. The predicted molar refractivity (Wildman–Crippen MR) is 48.5 cm³/mol. The van der Waals surface area contributed by atoms with E-state index in [1.165, 1.54) is 19.3 Å². The molecule has 0 saturated heterocycles. The molecule has 60 valence electrons. The van der Waals surface area contributed by atoms with Crippen LogP contribution in [0.25, 0.3) is 0 Å². The highest BCUT2D eigenvalue weighted by Gasteiger charge is 1.90. The normalized spacial score (nSPS) is 11.6. The van der Waals surface area contributed by atoms with Crippen LogP contribution in [0.15, 0.2) is 12.2 Å².